The van der Waals surface area contributed by atoms with Gasteiger partial charge < -0.3 is 5.32 Å². The highest BCUT2D eigenvalue weighted by Gasteiger charge is 2.16. The zero-order valence-electron chi connectivity index (χ0n) is 10.6. The van der Waals surface area contributed by atoms with Crippen LogP contribution in [0.15, 0.2) is 18.2 Å². The summed E-state index contributed by atoms with van der Waals surface area (Å²) in [7, 11) is 0. The normalized spacial score (nSPS) is 21.8. The van der Waals surface area contributed by atoms with Gasteiger partial charge in [0.2, 0.25) is 0 Å². The first-order valence-corrected chi connectivity index (χ1v) is 6.64. The Bertz CT molecular complexity index is 335. The van der Waals surface area contributed by atoms with Crippen LogP contribution in [-0.2, 0) is 6.42 Å². The summed E-state index contributed by atoms with van der Waals surface area (Å²) in [6.45, 7) is 5.63. The molecule has 1 fully saturated rings. The molecule has 0 bridgehead atoms. The van der Waals surface area contributed by atoms with Crippen molar-refractivity contribution in [3.63, 3.8) is 0 Å². The van der Waals surface area contributed by atoms with Gasteiger partial charge in [0.15, 0.2) is 0 Å². The minimum absolute atomic E-state index is 0.595. The molecule has 1 aliphatic rings. The van der Waals surface area contributed by atoms with Crippen molar-refractivity contribution < 1.29 is 0 Å². The maximum atomic E-state index is 3.70. The predicted molar refractivity (Wildman–Crippen MR) is 69.8 cm³/mol. The molecular weight excluding hydrogens is 194 g/mol. The smallest absolute Gasteiger partial charge is 0.0323 e. The third-order valence-corrected chi connectivity index (χ3v) is 3.62. The topological polar surface area (TPSA) is 12.0 Å². The van der Waals surface area contributed by atoms with Gasteiger partial charge in [-0.1, -0.05) is 43.5 Å². The minimum Gasteiger partial charge on any atom is -0.310 e. The summed E-state index contributed by atoms with van der Waals surface area (Å²) in [4.78, 5) is 0. The molecule has 0 spiro atoms. The van der Waals surface area contributed by atoms with Gasteiger partial charge in [0.25, 0.3) is 0 Å². The molecule has 16 heavy (non-hydrogen) atoms. The van der Waals surface area contributed by atoms with E-state index in [2.05, 4.69) is 37.4 Å². The SMILES string of the molecule is CCc1ccc(C)cc1C1CCCCCN1. The first kappa shape index (κ1) is 11.7. The van der Waals surface area contributed by atoms with Gasteiger partial charge >= 0.3 is 0 Å². The standard InChI is InChI=1S/C15H23N/c1-3-13-9-8-12(2)11-14(13)15-7-5-4-6-10-16-15/h8-9,11,15-16H,3-7,10H2,1-2H3. The highest BCUT2D eigenvalue weighted by atomic mass is 14.9. The van der Waals surface area contributed by atoms with Crippen molar-refractivity contribution in [1.29, 1.82) is 0 Å². The van der Waals surface area contributed by atoms with Crippen molar-refractivity contribution in [2.24, 2.45) is 0 Å². The van der Waals surface area contributed by atoms with Gasteiger partial charge in [-0.2, -0.15) is 0 Å². The summed E-state index contributed by atoms with van der Waals surface area (Å²) < 4.78 is 0. The average Bonchev–Trinajstić information content (AvgIpc) is 2.57. The molecule has 0 aromatic heterocycles. The lowest BCUT2D eigenvalue weighted by molar-refractivity contribution is 0.530. The molecule has 88 valence electrons. The Kier molecular flexibility index (Phi) is 4.00. The van der Waals surface area contributed by atoms with E-state index < -0.39 is 0 Å². The molecule has 2 rings (SSSR count). The van der Waals surface area contributed by atoms with E-state index in [4.69, 9.17) is 0 Å². The number of hydrogen-bond acceptors (Lipinski definition) is 1. The molecule has 1 saturated heterocycles. The highest BCUT2D eigenvalue weighted by molar-refractivity contribution is 5.34. The first-order chi connectivity index (χ1) is 7.81. The summed E-state index contributed by atoms with van der Waals surface area (Å²) in [5.41, 5.74) is 4.45. The minimum atomic E-state index is 0.595. The van der Waals surface area contributed by atoms with E-state index >= 15 is 0 Å². The van der Waals surface area contributed by atoms with E-state index in [1.54, 1.807) is 5.56 Å². The molecule has 1 aromatic rings. The molecule has 1 atom stereocenters. The van der Waals surface area contributed by atoms with Crippen LogP contribution < -0.4 is 5.32 Å². The van der Waals surface area contributed by atoms with Gasteiger partial charge in [0, 0.05) is 6.04 Å². The van der Waals surface area contributed by atoms with Crippen LogP contribution in [0.5, 0.6) is 0 Å². The summed E-state index contributed by atoms with van der Waals surface area (Å²) in [5.74, 6) is 0. The second kappa shape index (κ2) is 5.49. The molecule has 1 heteroatoms. The van der Waals surface area contributed by atoms with Crippen LogP contribution in [0.2, 0.25) is 0 Å². The monoisotopic (exact) mass is 217 g/mol. The Labute approximate surface area is 99.3 Å². The fourth-order valence-electron chi connectivity index (χ4n) is 2.65. The van der Waals surface area contributed by atoms with E-state index in [9.17, 15) is 0 Å². The zero-order chi connectivity index (χ0) is 11.4. The lowest BCUT2D eigenvalue weighted by Gasteiger charge is -2.20. The predicted octanol–water partition coefficient (Wildman–Crippen LogP) is 3.76. The lowest BCUT2D eigenvalue weighted by Crippen LogP contribution is -2.21. The Hall–Kier alpha value is -0.820. The Balaban J connectivity index is 2.25. The van der Waals surface area contributed by atoms with E-state index in [1.807, 2.05) is 0 Å². The van der Waals surface area contributed by atoms with Crippen LogP contribution in [0.4, 0.5) is 0 Å². The van der Waals surface area contributed by atoms with Gasteiger partial charge in [0.05, 0.1) is 0 Å². The fraction of sp³-hybridized carbons (Fsp3) is 0.600. The maximum absolute atomic E-state index is 3.70. The molecule has 1 unspecified atom stereocenters. The number of hydrogen-bond donors (Lipinski definition) is 1. The van der Waals surface area contributed by atoms with E-state index in [0.29, 0.717) is 6.04 Å². The van der Waals surface area contributed by atoms with Crippen LogP contribution in [0.3, 0.4) is 0 Å². The molecular formula is C15H23N. The first-order valence-electron chi connectivity index (χ1n) is 6.64. The number of nitrogens with one attached hydrogen (secondary N) is 1. The van der Waals surface area contributed by atoms with Crippen LogP contribution in [-0.4, -0.2) is 6.54 Å². The molecule has 1 nitrogen and oxygen atoms in total. The summed E-state index contributed by atoms with van der Waals surface area (Å²) in [6.07, 6.45) is 6.54. The van der Waals surface area contributed by atoms with E-state index in [0.717, 1.165) is 6.42 Å². The largest absolute Gasteiger partial charge is 0.310 e. The molecule has 1 aromatic carbocycles. The molecule has 0 amide bonds. The second-order valence-electron chi connectivity index (χ2n) is 4.91. The van der Waals surface area contributed by atoms with Crippen LogP contribution in [0, 0.1) is 6.92 Å². The molecule has 1 heterocycles. The fourth-order valence-corrected chi connectivity index (χ4v) is 2.65. The van der Waals surface area contributed by atoms with Crippen molar-refractivity contribution >= 4 is 0 Å². The van der Waals surface area contributed by atoms with Gasteiger partial charge in [-0.15, -0.1) is 0 Å². The quantitative estimate of drug-likeness (QED) is 0.795. The summed E-state index contributed by atoms with van der Waals surface area (Å²) in [6, 6.07) is 7.51. The molecule has 0 aliphatic carbocycles. The van der Waals surface area contributed by atoms with Crippen LogP contribution in [0.1, 0.15) is 55.3 Å². The number of benzene rings is 1. The molecule has 0 saturated carbocycles. The summed E-state index contributed by atoms with van der Waals surface area (Å²) >= 11 is 0. The van der Waals surface area contributed by atoms with Crippen molar-refractivity contribution in [3.05, 3.63) is 34.9 Å². The second-order valence-corrected chi connectivity index (χ2v) is 4.91. The van der Waals surface area contributed by atoms with Gasteiger partial charge in [0.1, 0.15) is 0 Å². The van der Waals surface area contributed by atoms with E-state index in [1.165, 1.54) is 43.4 Å². The van der Waals surface area contributed by atoms with Gasteiger partial charge in [-0.3, -0.25) is 0 Å². The molecule has 1 aliphatic heterocycles. The highest BCUT2D eigenvalue weighted by Crippen LogP contribution is 2.26. The third kappa shape index (κ3) is 2.65. The van der Waals surface area contributed by atoms with Gasteiger partial charge in [-0.05, 0) is 43.9 Å². The molecule has 0 radical (unpaired) electrons. The maximum Gasteiger partial charge on any atom is 0.0323 e. The summed E-state index contributed by atoms with van der Waals surface area (Å²) in [5, 5.41) is 3.70. The zero-order valence-corrected chi connectivity index (χ0v) is 10.6. The van der Waals surface area contributed by atoms with Crippen molar-refractivity contribution in [3.8, 4) is 0 Å². The Morgan fingerprint density at radius 3 is 2.94 bits per heavy atom. The van der Waals surface area contributed by atoms with E-state index in [-0.39, 0.29) is 0 Å². The molecule has 1 N–H and O–H groups in total. The van der Waals surface area contributed by atoms with Crippen LogP contribution >= 0.6 is 0 Å². The average molecular weight is 217 g/mol. The third-order valence-electron chi connectivity index (χ3n) is 3.62. The van der Waals surface area contributed by atoms with Crippen LogP contribution in [0.25, 0.3) is 0 Å². The number of aryl methyl sites for hydroxylation is 2. The van der Waals surface area contributed by atoms with Crippen molar-refractivity contribution in [1.82, 2.24) is 5.32 Å². The van der Waals surface area contributed by atoms with Gasteiger partial charge in [-0.25, -0.2) is 0 Å². The van der Waals surface area contributed by atoms with Crippen molar-refractivity contribution in [2.75, 3.05) is 6.54 Å². The van der Waals surface area contributed by atoms with Crippen molar-refractivity contribution in [2.45, 2.75) is 52.0 Å². The number of rotatable bonds is 2. The Morgan fingerprint density at radius 2 is 2.12 bits per heavy atom. The lowest BCUT2D eigenvalue weighted by atomic mass is 9.94. The Morgan fingerprint density at radius 1 is 1.25 bits per heavy atom.